The summed E-state index contributed by atoms with van der Waals surface area (Å²) in [4.78, 5) is -0.0444. The molecule has 216 valence electrons. The number of hydrogen-bond donors (Lipinski definition) is 1. The molecule has 0 aliphatic carbocycles. The Bertz CT molecular complexity index is 1660. The van der Waals surface area contributed by atoms with E-state index < -0.39 is 25.2 Å². The summed E-state index contributed by atoms with van der Waals surface area (Å²) >= 11 is 0. The number of primary sulfonamides is 1. The molecule has 9 nitrogen and oxygen atoms in total. The van der Waals surface area contributed by atoms with E-state index in [-0.39, 0.29) is 4.90 Å². The van der Waals surface area contributed by atoms with Gasteiger partial charge in [0, 0.05) is 13.7 Å². The predicted molar refractivity (Wildman–Crippen MR) is 164 cm³/mol. The van der Waals surface area contributed by atoms with Crippen molar-refractivity contribution in [2.75, 3.05) is 13.7 Å². The zero-order chi connectivity index (χ0) is 29.7. The van der Waals surface area contributed by atoms with Crippen LogP contribution in [0, 0.1) is 20.8 Å². The first kappa shape index (κ1) is 30.4. The number of rotatable bonds is 10. The third kappa shape index (κ3) is 8.47. The van der Waals surface area contributed by atoms with Crippen molar-refractivity contribution in [1.29, 1.82) is 0 Å². The first-order chi connectivity index (χ1) is 19.4. The maximum atomic E-state index is 11.8. The number of nitrogens with zero attached hydrogens (tertiary/aromatic N) is 2. The first-order valence-corrected chi connectivity index (χ1v) is 17.7. The van der Waals surface area contributed by atoms with Crippen molar-refractivity contribution in [2.45, 2.75) is 25.7 Å². The first-order valence-electron chi connectivity index (χ1n) is 12.6. The van der Waals surface area contributed by atoms with Crippen LogP contribution in [0.15, 0.2) is 111 Å². The van der Waals surface area contributed by atoms with Gasteiger partial charge >= 0.3 is 15.2 Å². The second-order valence-corrected chi connectivity index (χ2v) is 15.4. The standard InChI is InChI=1S/C29H33N3O6P2S/c1-22-6-12-25(13-7-22)35-39(5,36-26-18-20-29(21-19-26)41(30,33)34)32-40(31-4,37-27-14-8-23(2)9-15-27)38-28-16-10-24(3)11-17-28/h6-21H,1-5H3,(H2,30,33,34). The Morgan fingerprint density at radius 1 is 0.585 bits per heavy atom. The van der Waals surface area contributed by atoms with Crippen LogP contribution in [0.5, 0.6) is 23.0 Å². The minimum absolute atomic E-state index is 0.0444. The fourth-order valence-electron chi connectivity index (χ4n) is 3.59. The molecule has 0 aliphatic rings. The summed E-state index contributed by atoms with van der Waals surface area (Å²) in [5.74, 6) is 1.88. The Kier molecular flexibility index (Phi) is 9.30. The smallest absolute Gasteiger partial charge is 0.430 e. The van der Waals surface area contributed by atoms with Crippen LogP contribution in [-0.4, -0.2) is 22.1 Å². The van der Waals surface area contributed by atoms with Crippen LogP contribution >= 0.6 is 15.2 Å². The van der Waals surface area contributed by atoms with Crippen molar-refractivity contribution in [3.8, 4) is 23.0 Å². The van der Waals surface area contributed by atoms with Gasteiger partial charge in [-0.3, -0.25) is 0 Å². The molecule has 0 bridgehead atoms. The molecule has 4 aromatic rings. The average molecular weight is 614 g/mol. The molecule has 2 N–H and O–H groups in total. The topological polar surface area (TPSA) is 122 Å². The zero-order valence-corrected chi connectivity index (χ0v) is 26.1. The molecule has 0 fully saturated rings. The molecular weight excluding hydrogens is 580 g/mol. The Morgan fingerprint density at radius 3 is 1.22 bits per heavy atom. The Balaban J connectivity index is 1.85. The van der Waals surface area contributed by atoms with Crippen molar-refractivity contribution in [2.24, 2.45) is 14.4 Å². The molecule has 4 rings (SSSR count). The molecule has 4 aromatic carbocycles. The molecule has 0 aromatic heterocycles. The molecule has 0 aliphatic heterocycles. The third-order valence-corrected chi connectivity index (χ3v) is 11.4. The normalized spacial score (nSPS) is 13.0. The van der Waals surface area contributed by atoms with E-state index >= 15 is 0 Å². The molecule has 0 heterocycles. The molecule has 0 amide bonds. The van der Waals surface area contributed by atoms with Gasteiger partial charge < -0.3 is 18.1 Å². The van der Waals surface area contributed by atoms with Crippen LogP contribution in [0.4, 0.5) is 0 Å². The van der Waals surface area contributed by atoms with E-state index in [9.17, 15) is 8.42 Å². The minimum atomic E-state index is -3.87. The van der Waals surface area contributed by atoms with Gasteiger partial charge in [-0.05, 0) is 81.4 Å². The summed E-state index contributed by atoms with van der Waals surface area (Å²) in [6, 6.07) is 28.2. The Labute approximate surface area is 241 Å². The van der Waals surface area contributed by atoms with Crippen LogP contribution in [0.25, 0.3) is 0 Å². The third-order valence-electron chi connectivity index (χ3n) is 5.74. The highest BCUT2D eigenvalue weighted by Crippen LogP contribution is 2.63. The minimum Gasteiger partial charge on any atom is -0.430 e. The van der Waals surface area contributed by atoms with Crippen LogP contribution in [-0.2, 0) is 10.0 Å². The summed E-state index contributed by atoms with van der Waals surface area (Å²) in [5, 5.41) is 5.27. The van der Waals surface area contributed by atoms with Gasteiger partial charge in [0.15, 0.2) is 0 Å². The molecule has 0 saturated heterocycles. The molecule has 41 heavy (non-hydrogen) atoms. The van der Waals surface area contributed by atoms with E-state index in [2.05, 4.69) is 4.74 Å². The second kappa shape index (κ2) is 12.5. The highest BCUT2D eigenvalue weighted by Gasteiger charge is 2.32. The van der Waals surface area contributed by atoms with Gasteiger partial charge in [-0.2, -0.15) is 0 Å². The highest BCUT2D eigenvalue weighted by molar-refractivity contribution is 7.89. The second-order valence-electron chi connectivity index (χ2n) is 9.40. The molecule has 1 unspecified atom stereocenters. The van der Waals surface area contributed by atoms with E-state index in [1.54, 1.807) is 13.7 Å². The molecule has 12 heteroatoms. The van der Waals surface area contributed by atoms with Crippen molar-refractivity contribution >= 4 is 25.2 Å². The van der Waals surface area contributed by atoms with Crippen LogP contribution in [0.1, 0.15) is 16.7 Å². The van der Waals surface area contributed by atoms with E-state index in [0.717, 1.165) is 16.7 Å². The maximum Gasteiger partial charge on any atom is 0.448 e. The molecule has 0 radical (unpaired) electrons. The Hall–Kier alpha value is -3.55. The lowest BCUT2D eigenvalue weighted by molar-refractivity contribution is 0.462. The summed E-state index contributed by atoms with van der Waals surface area (Å²) in [7, 11) is -9.02. The molecule has 0 spiro atoms. The number of hydrogen-bond acceptors (Lipinski definition) is 7. The summed E-state index contributed by atoms with van der Waals surface area (Å²) in [6.07, 6.45) is 0. The fourth-order valence-corrected chi connectivity index (χ4v) is 8.71. The quantitative estimate of drug-likeness (QED) is 0.180. The van der Waals surface area contributed by atoms with Crippen LogP contribution in [0.3, 0.4) is 0 Å². The highest BCUT2D eigenvalue weighted by atomic mass is 32.2. The van der Waals surface area contributed by atoms with E-state index in [1.165, 1.54) is 24.3 Å². The molecule has 0 saturated carbocycles. The van der Waals surface area contributed by atoms with Gasteiger partial charge in [-0.1, -0.05) is 53.1 Å². The van der Waals surface area contributed by atoms with E-state index in [4.69, 9.17) is 27.7 Å². The number of sulfonamides is 1. The van der Waals surface area contributed by atoms with E-state index in [1.807, 2.05) is 93.6 Å². The van der Waals surface area contributed by atoms with Crippen molar-refractivity contribution in [1.82, 2.24) is 0 Å². The van der Waals surface area contributed by atoms with Gasteiger partial charge in [0.05, 0.1) is 4.90 Å². The van der Waals surface area contributed by atoms with Crippen molar-refractivity contribution < 1.29 is 26.5 Å². The van der Waals surface area contributed by atoms with Crippen molar-refractivity contribution in [3.05, 3.63) is 114 Å². The number of aryl methyl sites for hydroxylation is 3. The summed E-state index contributed by atoms with van der Waals surface area (Å²) in [6.45, 7) is 7.66. The fraction of sp³-hybridized carbons (Fsp3) is 0.172. The predicted octanol–water partition coefficient (Wildman–Crippen LogP) is 8.11. The number of benzene rings is 4. The monoisotopic (exact) mass is 613 g/mol. The largest absolute Gasteiger partial charge is 0.448 e. The Morgan fingerprint density at radius 2 is 0.902 bits per heavy atom. The summed E-state index contributed by atoms with van der Waals surface area (Å²) in [5.41, 5.74) is 3.19. The SMILES string of the molecule is CN=P(N=P(C)(Oc1ccc(C)cc1)Oc1ccc(S(N)(=O)=O)cc1)(Oc1ccc(C)cc1)Oc1ccc(C)cc1. The zero-order valence-electron chi connectivity index (χ0n) is 23.5. The number of nitrogens with two attached hydrogens (primary N) is 1. The lowest BCUT2D eigenvalue weighted by Gasteiger charge is -2.27. The van der Waals surface area contributed by atoms with Crippen molar-refractivity contribution in [3.63, 3.8) is 0 Å². The van der Waals surface area contributed by atoms with Gasteiger partial charge in [0.1, 0.15) is 23.0 Å². The lowest BCUT2D eigenvalue weighted by Crippen LogP contribution is -2.11. The molecular formula is C29H33N3O6P2S. The lowest BCUT2D eigenvalue weighted by atomic mass is 10.2. The summed E-state index contributed by atoms with van der Waals surface area (Å²) < 4.78 is 58.7. The van der Waals surface area contributed by atoms with Gasteiger partial charge in [-0.15, -0.1) is 4.52 Å². The molecule has 1 atom stereocenters. The average Bonchev–Trinajstić information content (AvgIpc) is 2.92. The van der Waals surface area contributed by atoms with Gasteiger partial charge in [0.25, 0.3) is 0 Å². The van der Waals surface area contributed by atoms with Gasteiger partial charge in [-0.25, -0.2) is 18.3 Å². The van der Waals surface area contributed by atoms with Crippen LogP contribution in [0.2, 0.25) is 0 Å². The van der Waals surface area contributed by atoms with E-state index in [0.29, 0.717) is 23.0 Å². The van der Waals surface area contributed by atoms with Crippen LogP contribution < -0.4 is 23.2 Å². The van der Waals surface area contributed by atoms with Gasteiger partial charge in [0.2, 0.25) is 10.0 Å². The maximum absolute atomic E-state index is 11.8.